The number of nitrogens with zero attached hydrogens (tertiary/aromatic N) is 3. The van der Waals surface area contributed by atoms with Crippen molar-refractivity contribution >= 4 is 45.0 Å². The first kappa shape index (κ1) is 23.5. The summed E-state index contributed by atoms with van der Waals surface area (Å²) in [5, 5.41) is 0.750. The quantitative estimate of drug-likeness (QED) is 0.487. The van der Waals surface area contributed by atoms with E-state index in [4.69, 9.17) is 9.72 Å². The van der Waals surface area contributed by atoms with E-state index in [2.05, 4.69) is 31.1 Å². The fourth-order valence-corrected chi connectivity index (χ4v) is 4.96. The predicted octanol–water partition coefficient (Wildman–Crippen LogP) is 5.20. The molecule has 0 radical (unpaired) electrons. The number of ether oxygens (including phenoxy) is 1. The Balaban J connectivity index is 0.00000272. The fraction of sp³-hybridized carbons (Fsp3) is 0.417. The number of thiazole rings is 1. The van der Waals surface area contributed by atoms with Crippen molar-refractivity contribution in [3.05, 3.63) is 53.1 Å². The third-order valence-corrected chi connectivity index (χ3v) is 6.70. The molecule has 4 rings (SSSR count). The second-order valence-corrected chi connectivity index (χ2v) is 9.14. The van der Waals surface area contributed by atoms with Gasteiger partial charge in [0, 0.05) is 18.2 Å². The monoisotopic (exact) mass is 459 g/mol. The highest BCUT2D eigenvalue weighted by Gasteiger charge is 2.22. The average Bonchev–Trinajstić information content (AvgIpc) is 3.18. The van der Waals surface area contributed by atoms with Crippen LogP contribution in [0.5, 0.6) is 5.75 Å². The summed E-state index contributed by atoms with van der Waals surface area (Å²) in [6, 6.07) is 12.1. The van der Waals surface area contributed by atoms with E-state index in [1.54, 1.807) is 18.4 Å². The fourth-order valence-electron chi connectivity index (χ4n) is 3.99. The molecule has 0 aliphatic heterocycles. The molecule has 5 nitrogen and oxygen atoms in total. The molecule has 1 heterocycles. The van der Waals surface area contributed by atoms with Crippen molar-refractivity contribution in [3.8, 4) is 5.75 Å². The highest BCUT2D eigenvalue weighted by atomic mass is 35.5. The molecule has 31 heavy (non-hydrogen) atoms. The molecule has 0 saturated carbocycles. The maximum absolute atomic E-state index is 13.6. The highest BCUT2D eigenvalue weighted by molar-refractivity contribution is 7.22. The van der Waals surface area contributed by atoms with Crippen molar-refractivity contribution in [2.75, 3.05) is 39.2 Å². The topological polar surface area (TPSA) is 45.7 Å². The van der Waals surface area contributed by atoms with Gasteiger partial charge in [-0.3, -0.25) is 9.69 Å². The highest BCUT2D eigenvalue weighted by Crippen LogP contribution is 2.32. The number of carbonyl (C=O) groups is 1. The Hall–Kier alpha value is -2.15. The van der Waals surface area contributed by atoms with E-state index < -0.39 is 0 Å². The molecule has 0 spiro atoms. The second kappa shape index (κ2) is 10.4. The third kappa shape index (κ3) is 5.37. The molecule has 1 aliphatic rings. The molecule has 1 aliphatic carbocycles. The van der Waals surface area contributed by atoms with E-state index in [9.17, 15) is 4.79 Å². The Morgan fingerprint density at radius 2 is 1.84 bits per heavy atom. The number of methoxy groups -OCH3 is 1. The molecular weight excluding hydrogens is 430 g/mol. The van der Waals surface area contributed by atoms with Gasteiger partial charge in [0.15, 0.2) is 5.13 Å². The zero-order valence-electron chi connectivity index (χ0n) is 18.4. The number of carbonyl (C=O) groups excluding carboxylic acids is 1. The first-order valence-electron chi connectivity index (χ1n) is 10.6. The molecule has 2 aromatic carbocycles. The van der Waals surface area contributed by atoms with E-state index in [0.29, 0.717) is 6.54 Å². The molecule has 1 aromatic heterocycles. The van der Waals surface area contributed by atoms with Crippen LogP contribution in [0.3, 0.4) is 0 Å². The lowest BCUT2D eigenvalue weighted by molar-refractivity contribution is 0.0986. The molecular formula is C24H30ClN3O2S. The second-order valence-electron chi connectivity index (χ2n) is 8.13. The molecule has 166 valence electrons. The van der Waals surface area contributed by atoms with E-state index in [1.165, 1.54) is 24.0 Å². The zero-order chi connectivity index (χ0) is 21.1. The van der Waals surface area contributed by atoms with E-state index in [1.807, 2.05) is 29.2 Å². The van der Waals surface area contributed by atoms with Crippen LogP contribution in [0.4, 0.5) is 5.13 Å². The number of aryl methyl sites for hydroxylation is 2. The molecule has 1 amide bonds. The lowest BCUT2D eigenvalue weighted by atomic mass is 9.90. The zero-order valence-corrected chi connectivity index (χ0v) is 20.0. The smallest absolute Gasteiger partial charge is 0.260 e. The summed E-state index contributed by atoms with van der Waals surface area (Å²) in [5.41, 5.74) is 4.35. The molecule has 3 aromatic rings. The summed E-state index contributed by atoms with van der Waals surface area (Å²) in [4.78, 5) is 22.3. The summed E-state index contributed by atoms with van der Waals surface area (Å²) in [6.07, 6.45) is 5.53. The van der Waals surface area contributed by atoms with Crippen LogP contribution < -0.4 is 9.64 Å². The van der Waals surface area contributed by atoms with Crippen molar-refractivity contribution in [1.82, 2.24) is 9.88 Å². The van der Waals surface area contributed by atoms with Crippen molar-refractivity contribution in [1.29, 1.82) is 0 Å². The predicted molar refractivity (Wildman–Crippen MR) is 131 cm³/mol. The molecule has 0 unspecified atom stereocenters. The maximum Gasteiger partial charge on any atom is 0.260 e. The van der Waals surface area contributed by atoms with Crippen LogP contribution in [0.1, 0.15) is 40.7 Å². The first-order chi connectivity index (χ1) is 14.5. The first-order valence-corrected chi connectivity index (χ1v) is 11.4. The minimum absolute atomic E-state index is 0. The molecule has 0 bridgehead atoms. The van der Waals surface area contributed by atoms with Crippen LogP contribution in [0, 0.1) is 0 Å². The summed E-state index contributed by atoms with van der Waals surface area (Å²) in [7, 11) is 5.76. The SMILES string of the molecule is COc1ccc2sc(N(CCCN(C)C)C(=O)c3ccc4c(c3)CCCC4)nc2c1.Cl. The Bertz CT molecular complexity index is 1050. The van der Waals surface area contributed by atoms with Crippen molar-refractivity contribution in [3.63, 3.8) is 0 Å². The molecule has 0 saturated heterocycles. The molecule has 0 fully saturated rings. The van der Waals surface area contributed by atoms with Gasteiger partial charge in [0.25, 0.3) is 5.91 Å². The Morgan fingerprint density at radius 1 is 1.06 bits per heavy atom. The molecule has 7 heteroatoms. The average molecular weight is 460 g/mol. The number of fused-ring (bicyclic) bond motifs is 2. The van der Waals surface area contributed by atoms with Crippen LogP contribution in [0.15, 0.2) is 36.4 Å². The standard InChI is InChI=1S/C24H29N3O2S.ClH/c1-26(2)13-6-14-27(24-25-21-16-20(29-3)11-12-22(21)30-24)23(28)19-10-9-17-7-4-5-8-18(17)15-19;/h9-12,15-16H,4-8,13-14H2,1-3H3;1H. The summed E-state index contributed by atoms with van der Waals surface area (Å²) < 4.78 is 6.39. The van der Waals surface area contributed by atoms with Gasteiger partial charge in [0.05, 0.1) is 17.3 Å². The number of benzene rings is 2. The van der Waals surface area contributed by atoms with Gasteiger partial charge in [-0.25, -0.2) is 4.98 Å². The summed E-state index contributed by atoms with van der Waals surface area (Å²) >= 11 is 1.56. The van der Waals surface area contributed by atoms with E-state index in [0.717, 1.165) is 52.5 Å². The lowest BCUT2D eigenvalue weighted by Gasteiger charge is -2.22. The summed E-state index contributed by atoms with van der Waals surface area (Å²) in [5.74, 6) is 0.813. The normalized spacial score (nSPS) is 13.0. The van der Waals surface area contributed by atoms with Crippen LogP contribution in [0.2, 0.25) is 0 Å². The van der Waals surface area contributed by atoms with Crippen LogP contribution in [-0.4, -0.2) is 50.1 Å². The Morgan fingerprint density at radius 3 is 2.58 bits per heavy atom. The van der Waals surface area contributed by atoms with Gasteiger partial charge in [-0.1, -0.05) is 17.4 Å². The van der Waals surface area contributed by atoms with Crippen LogP contribution in [0.25, 0.3) is 10.2 Å². The number of hydrogen-bond acceptors (Lipinski definition) is 5. The van der Waals surface area contributed by atoms with Gasteiger partial charge in [-0.2, -0.15) is 0 Å². The van der Waals surface area contributed by atoms with E-state index >= 15 is 0 Å². The number of rotatable bonds is 7. The minimum atomic E-state index is 0. The number of hydrogen-bond donors (Lipinski definition) is 0. The molecule has 0 N–H and O–H groups in total. The van der Waals surface area contributed by atoms with E-state index in [-0.39, 0.29) is 18.3 Å². The van der Waals surface area contributed by atoms with Crippen molar-refractivity contribution < 1.29 is 9.53 Å². The van der Waals surface area contributed by atoms with Gasteiger partial charge < -0.3 is 9.64 Å². The van der Waals surface area contributed by atoms with Crippen molar-refractivity contribution in [2.45, 2.75) is 32.1 Å². The largest absolute Gasteiger partial charge is 0.497 e. The minimum Gasteiger partial charge on any atom is -0.497 e. The lowest BCUT2D eigenvalue weighted by Crippen LogP contribution is -2.33. The number of anilines is 1. The summed E-state index contributed by atoms with van der Waals surface area (Å²) in [6.45, 7) is 1.57. The van der Waals surface area contributed by atoms with Crippen LogP contribution in [-0.2, 0) is 12.8 Å². The van der Waals surface area contributed by atoms with Gasteiger partial charge >= 0.3 is 0 Å². The van der Waals surface area contributed by atoms with Gasteiger partial charge in [-0.05, 0) is 88.1 Å². The Labute approximate surface area is 194 Å². The maximum atomic E-state index is 13.6. The Kier molecular flexibility index (Phi) is 7.92. The van der Waals surface area contributed by atoms with Crippen molar-refractivity contribution in [2.24, 2.45) is 0 Å². The van der Waals surface area contributed by atoms with Gasteiger partial charge in [0.1, 0.15) is 5.75 Å². The number of amides is 1. The van der Waals surface area contributed by atoms with Gasteiger partial charge in [0.2, 0.25) is 0 Å². The third-order valence-electron chi connectivity index (χ3n) is 5.64. The molecule has 0 atom stereocenters. The number of aromatic nitrogens is 1. The van der Waals surface area contributed by atoms with Gasteiger partial charge in [-0.15, -0.1) is 12.4 Å². The van der Waals surface area contributed by atoms with Crippen LogP contribution >= 0.6 is 23.7 Å². The number of halogens is 1.